The van der Waals surface area contributed by atoms with E-state index in [2.05, 4.69) is 45.2 Å². The topological polar surface area (TPSA) is 99.1 Å². The number of unbranched alkanes of at least 4 members (excludes halogenated alkanes) is 5. The van der Waals surface area contributed by atoms with E-state index in [0.717, 1.165) is 56.2 Å². The Morgan fingerprint density at radius 2 is 1.66 bits per heavy atom. The van der Waals surface area contributed by atoms with Gasteiger partial charge in [-0.2, -0.15) is 0 Å². The highest BCUT2D eigenvalue weighted by molar-refractivity contribution is 6.03. The highest BCUT2D eigenvalue weighted by Gasteiger charge is 2.22. The van der Waals surface area contributed by atoms with Crippen LogP contribution in [0.5, 0.6) is 5.75 Å². The summed E-state index contributed by atoms with van der Waals surface area (Å²) in [4.78, 5) is 27.1. The Labute approximate surface area is 245 Å². The number of carbonyl (C=O) groups excluding carboxylic acids is 1. The van der Waals surface area contributed by atoms with Crippen molar-refractivity contribution in [2.45, 2.75) is 85.7 Å². The number of allylic oxidation sites excluding steroid dienone is 3. The molecule has 2 aromatic carbocycles. The van der Waals surface area contributed by atoms with Gasteiger partial charge in [-0.05, 0) is 75.9 Å². The number of phenols is 1. The van der Waals surface area contributed by atoms with E-state index in [1.165, 1.54) is 17.6 Å². The van der Waals surface area contributed by atoms with Crippen molar-refractivity contribution in [2.75, 3.05) is 29.9 Å². The first-order valence-corrected chi connectivity index (χ1v) is 14.8. The second kappa shape index (κ2) is 18.7. The number of amides is 1. The number of benzene rings is 2. The minimum atomic E-state index is -1.08. The maximum atomic E-state index is 13.4. The van der Waals surface area contributed by atoms with E-state index in [-0.39, 0.29) is 30.4 Å². The van der Waals surface area contributed by atoms with Gasteiger partial charge in [0.1, 0.15) is 12.4 Å². The third-order valence-corrected chi connectivity index (χ3v) is 6.83. The fraction of sp³-hybridized carbons (Fsp3) is 0.471. The molecule has 3 N–H and O–H groups in total. The lowest BCUT2D eigenvalue weighted by atomic mass is 10.1. The van der Waals surface area contributed by atoms with Crippen molar-refractivity contribution in [3.05, 3.63) is 76.9 Å². The molecular formula is C34H48N2O5. The summed E-state index contributed by atoms with van der Waals surface area (Å²) in [6, 6.07) is 11.7. The van der Waals surface area contributed by atoms with Gasteiger partial charge in [-0.3, -0.25) is 4.79 Å². The van der Waals surface area contributed by atoms with Gasteiger partial charge in [0.2, 0.25) is 0 Å². The van der Waals surface area contributed by atoms with Crippen molar-refractivity contribution >= 4 is 23.3 Å². The largest absolute Gasteiger partial charge is 0.508 e. The van der Waals surface area contributed by atoms with Crippen molar-refractivity contribution in [3.8, 4) is 5.75 Å². The second-order valence-electron chi connectivity index (χ2n) is 10.8. The van der Waals surface area contributed by atoms with Crippen LogP contribution in [-0.2, 0) is 16.1 Å². The highest BCUT2D eigenvalue weighted by atomic mass is 16.5. The molecule has 0 aliphatic carbocycles. The fourth-order valence-electron chi connectivity index (χ4n) is 4.44. The summed E-state index contributed by atoms with van der Waals surface area (Å²) in [5.41, 5.74) is 4.64. The molecular weight excluding hydrogens is 516 g/mol. The van der Waals surface area contributed by atoms with Crippen LogP contribution in [-0.4, -0.2) is 41.8 Å². The van der Waals surface area contributed by atoms with Crippen LogP contribution in [0.15, 0.2) is 65.8 Å². The lowest BCUT2D eigenvalue weighted by molar-refractivity contribution is -0.123. The molecule has 7 nitrogen and oxygen atoms in total. The summed E-state index contributed by atoms with van der Waals surface area (Å²) in [6.07, 6.45) is 12.7. The molecule has 0 atom stereocenters. The van der Waals surface area contributed by atoms with Gasteiger partial charge in [0, 0.05) is 18.8 Å². The Kier molecular flexibility index (Phi) is 15.3. The molecule has 224 valence electrons. The Balaban J connectivity index is 2.17. The van der Waals surface area contributed by atoms with Crippen LogP contribution in [0.4, 0.5) is 11.4 Å². The molecule has 0 radical (unpaired) electrons. The monoisotopic (exact) mass is 564 g/mol. The van der Waals surface area contributed by atoms with E-state index >= 15 is 0 Å². The molecule has 0 spiro atoms. The van der Waals surface area contributed by atoms with Crippen molar-refractivity contribution < 1.29 is 24.5 Å². The van der Waals surface area contributed by atoms with E-state index < -0.39 is 5.97 Å². The summed E-state index contributed by atoms with van der Waals surface area (Å²) in [5.74, 6) is -1.20. The van der Waals surface area contributed by atoms with Gasteiger partial charge in [-0.25, -0.2) is 4.79 Å². The number of rotatable bonds is 19. The van der Waals surface area contributed by atoms with Crippen LogP contribution >= 0.6 is 0 Å². The van der Waals surface area contributed by atoms with Gasteiger partial charge >= 0.3 is 5.97 Å². The first kappa shape index (κ1) is 33.6. The summed E-state index contributed by atoms with van der Waals surface area (Å²) >= 11 is 0. The molecule has 7 heteroatoms. The molecule has 0 aliphatic rings. The number of hydrogen-bond donors (Lipinski definition) is 3. The van der Waals surface area contributed by atoms with Crippen molar-refractivity contribution in [1.82, 2.24) is 0 Å². The van der Waals surface area contributed by atoms with Crippen LogP contribution in [0, 0.1) is 0 Å². The number of hydrogen-bond acceptors (Lipinski definition) is 5. The first-order valence-electron chi connectivity index (χ1n) is 14.8. The SMILES string of the molecule is CCCCCCCCN(C(=O)COCc1ccc(O)cc1)c1cc(NC/C=C(\C)CCC=C(C)C)ccc1C(=O)O. The molecule has 2 rings (SSSR count). The van der Waals surface area contributed by atoms with Gasteiger partial charge < -0.3 is 25.2 Å². The lowest BCUT2D eigenvalue weighted by Crippen LogP contribution is -2.36. The van der Waals surface area contributed by atoms with E-state index in [4.69, 9.17) is 4.74 Å². The molecule has 0 aromatic heterocycles. The number of carboxylic acid groups (broad SMARTS) is 1. The number of carbonyl (C=O) groups is 2. The van der Waals surface area contributed by atoms with Gasteiger partial charge in [-0.1, -0.05) is 74.5 Å². The van der Waals surface area contributed by atoms with Crippen molar-refractivity contribution in [3.63, 3.8) is 0 Å². The molecule has 1 amide bonds. The number of anilines is 2. The van der Waals surface area contributed by atoms with Gasteiger partial charge in [0.15, 0.2) is 0 Å². The van der Waals surface area contributed by atoms with Crippen LogP contribution in [0.2, 0.25) is 0 Å². The van der Waals surface area contributed by atoms with Crippen LogP contribution in [0.3, 0.4) is 0 Å². The third-order valence-electron chi connectivity index (χ3n) is 6.83. The third kappa shape index (κ3) is 13.1. The van der Waals surface area contributed by atoms with Crippen molar-refractivity contribution in [1.29, 1.82) is 0 Å². The van der Waals surface area contributed by atoms with Gasteiger partial charge in [-0.15, -0.1) is 0 Å². The zero-order valence-corrected chi connectivity index (χ0v) is 25.2. The summed E-state index contributed by atoms with van der Waals surface area (Å²) in [5, 5.41) is 22.8. The molecule has 2 aromatic rings. The van der Waals surface area contributed by atoms with Crippen molar-refractivity contribution in [2.24, 2.45) is 0 Å². The number of carboxylic acids is 1. The highest BCUT2D eigenvalue weighted by Crippen LogP contribution is 2.27. The van der Waals surface area contributed by atoms with Crippen LogP contribution in [0.25, 0.3) is 0 Å². The average Bonchev–Trinajstić information content (AvgIpc) is 2.93. The van der Waals surface area contributed by atoms with E-state index in [9.17, 15) is 19.8 Å². The Hall–Kier alpha value is -3.58. The Morgan fingerprint density at radius 1 is 0.951 bits per heavy atom. The lowest BCUT2D eigenvalue weighted by Gasteiger charge is -2.25. The van der Waals surface area contributed by atoms with E-state index in [0.29, 0.717) is 18.8 Å². The average molecular weight is 565 g/mol. The minimum absolute atomic E-state index is 0.0851. The predicted octanol–water partition coefficient (Wildman–Crippen LogP) is 8.11. The number of aromatic carboxylic acids is 1. The van der Waals surface area contributed by atoms with Crippen LogP contribution in [0.1, 0.15) is 95.0 Å². The number of ether oxygens (including phenoxy) is 1. The molecule has 0 saturated heterocycles. The maximum absolute atomic E-state index is 13.4. The molecule has 0 fully saturated rings. The number of aromatic hydroxyl groups is 1. The second-order valence-corrected chi connectivity index (χ2v) is 10.8. The maximum Gasteiger partial charge on any atom is 0.337 e. The first-order chi connectivity index (χ1) is 19.7. The molecule has 0 heterocycles. The number of nitrogens with one attached hydrogen (secondary N) is 1. The standard InChI is InChI=1S/C34H48N2O5/c1-5-6-7-8-9-10-22-36(33(38)25-41-24-28-14-17-30(37)18-15-28)32-23-29(16-19-31(32)34(39)40)35-21-20-27(4)13-11-12-26(2)3/h12,14-20,23,35,37H,5-11,13,21-22,24-25H2,1-4H3,(H,39,40)/b27-20+. The molecule has 41 heavy (non-hydrogen) atoms. The minimum Gasteiger partial charge on any atom is -0.508 e. The zero-order valence-electron chi connectivity index (χ0n) is 25.2. The summed E-state index contributed by atoms with van der Waals surface area (Å²) in [7, 11) is 0. The summed E-state index contributed by atoms with van der Waals surface area (Å²) < 4.78 is 5.70. The fourth-order valence-corrected chi connectivity index (χ4v) is 4.44. The van der Waals surface area contributed by atoms with E-state index in [1.807, 2.05) is 0 Å². The predicted molar refractivity (Wildman–Crippen MR) is 168 cm³/mol. The van der Waals surface area contributed by atoms with E-state index in [1.54, 1.807) is 47.4 Å². The number of phenolic OH excluding ortho intramolecular Hbond substituents is 1. The molecule has 0 bridgehead atoms. The molecule has 0 aliphatic heterocycles. The Morgan fingerprint density at radius 3 is 2.34 bits per heavy atom. The quantitative estimate of drug-likeness (QED) is 0.118. The molecule has 0 saturated carbocycles. The normalized spacial score (nSPS) is 11.3. The smallest absolute Gasteiger partial charge is 0.337 e. The van der Waals surface area contributed by atoms with Crippen LogP contribution < -0.4 is 10.2 Å². The zero-order chi connectivity index (χ0) is 30.0. The van der Waals surface area contributed by atoms with Gasteiger partial charge in [0.25, 0.3) is 5.91 Å². The summed E-state index contributed by atoms with van der Waals surface area (Å²) in [6.45, 7) is 9.54. The Bertz CT molecular complexity index is 1150. The van der Waals surface area contributed by atoms with Gasteiger partial charge in [0.05, 0.1) is 17.9 Å². The molecule has 0 unspecified atom stereocenters. The number of nitrogens with zero attached hydrogens (tertiary/aromatic N) is 1.